The fourth-order valence-electron chi connectivity index (χ4n) is 5.72. The lowest BCUT2D eigenvalue weighted by Crippen LogP contribution is -2.59. The minimum Gasteiger partial charge on any atom is -0.342 e. The van der Waals surface area contributed by atoms with Crippen molar-refractivity contribution in [1.29, 1.82) is 0 Å². The number of hydrogen-bond acceptors (Lipinski definition) is 5. The lowest BCUT2D eigenvalue weighted by molar-refractivity contribution is -0.141. The molecule has 4 rings (SSSR count). The molecule has 4 N–H and O–H groups in total. The Hall–Kier alpha value is -3.66. The summed E-state index contributed by atoms with van der Waals surface area (Å²) in [5.74, 6) is -1.39. The summed E-state index contributed by atoms with van der Waals surface area (Å²) >= 11 is 0. The summed E-state index contributed by atoms with van der Waals surface area (Å²) in [6, 6.07) is 11.2. The Morgan fingerprint density at radius 1 is 0.974 bits per heavy atom. The zero-order chi connectivity index (χ0) is 28.5. The molecular weight excluding hydrogens is 496 g/mol. The van der Waals surface area contributed by atoms with Gasteiger partial charge in [-0.1, -0.05) is 57.2 Å². The van der Waals surface area contributed by atoms with E-state index in [-0.39, 0.29) is 36.3 Å². The highest BCUT2D eigenvalue weighted by Crippen LogP contribution is 2.38. The van der Waals surface area contributed by atoms with Gasteiger partial charge in [0.2, 0.25) is 17.7 Å². The maximum Gasteiger partial charge on any atom is 0.317 e. The van der Waals surface area contributed by atoms with Crippen molar-refractivity contribution in [2.75, 3.05) is 32.5 Å². The molecule has 0 aliphatic carbocycles. The van der Waals surface area contributed by atoms with E-state index in [1.807, 2.05) is 63.2 Å². The van der Waals surface area contributed by atoms with E-state index in [1.54, 1.807) is 30.8 Å². The van der Waals surface area contributed by atoms with Crippen LogP contribution >= 0.6 is 0 Å². The number of likely N-dealkylation sites (tertiary alicyclic amines) is 2. The van der Waals surface area contributed by atoms with Gasteiger partial charge in [-0.3, -0.25) is 14.4 Å². The molecule has 2 fully saturated rings. The Morgan fingerprint density at radius 3 is 2.33 bits per heavy atom. The Balaban J connectivity index is 1.64. The molecule has 39 heavy (non-hydrogen) atoms. The predicted molar refractivity (Wildman–Crippen MR) is 151 cm³/mol. The maximum atomic E-state index is 14.1. The van der Waals surface area contributed by atoms with Crippen LogP contribution in [0.4, 0.5) is 10.5 Å². The van der Waals surface area contributed by atoms with Crippen LogP contribution in [-0.4, -0.2) is 84.9 Å². The number of hydrogen-bond donors (Lipinski definition) is 4. The lowest BCUT2D eigenvalue weighted by Gasteiger charge is -2.37. The van der Waals surface area contributed by atoms with Crippen molar-refractivity contribution in [2.24, 2.45) is 11.3 Å². The average Bonchev–Trinajstić information content (AvgIpc) is 3.51. The number of carbonyl (C=O) groups is 4. The Morgan fingerprint density at radius 2 is 1.67 bits per heavy atom. The Kier molecular flexibility index (Phi) is 8.15. The highest BCUT2D eigenvalue weighted by Gasteiger charge is 2.55. The van der Waals surface area contributed by atoms with Crippen LogP contribution in [0.1, 0.15) is 34.1 Å². The third-order valence-corrected chi connectivity index (χ3v) is 7.99. The van der Waals surface area contributed by atoms with E-state index in [0.717, 1.165) is 10.8 Å². The topological polar surface area (TPSA) is 123 Å². The minimum absolute atomic E-state index is 0.193. The van der Waals surface area contributed by atoms with Crippen molar-refractivity contribution in [3.8, 4) is 0 Å². The molecule has 0 bridgehead atoms. The van der Waals surface area contributed by atoms with Gasteiger partial charge in [0.25, 0.3) is 0 Å². The molecule has 0 aromatic heterocycles. The van der Waals surface area contributed by atoms with Crippen molar-refractivity contribution < 1.29 is 19.2 Å². The molecule has 0 unspecified atom stereocenters. The van der Waals surface area contributed by atoms with Crippen LogP contribution < -0.4 is 21.3 Å². The van der Waals surface area contributed by atoms with Crippen LogP contribution in [0.5, 0.6) is 0 Å². The lowest BCUT2D eigenvalue weighted by atomic mass is 9.85. The molecule has 2 aliphatic rings. The van der Waals surface area contributed by atoms with Gasteiger partial charge in [0.05, 0.1) is 24.0 Å². The van der Waals surface area contributed by atoms with Crippen molar-refractivity contribution in [2.45, 2.75) is 58.3 Å². The van der Waals surface area contributed by atoms with Crippen molar-refractivity contribution >= 4 is 40.2 Å². The molecule has 5 amide bonds. The number of urea groups is 1. The second-order valence-electron chi connectivity index (χ2n) is 11.5. The van der Waals surface area contributed by atoms with Crippen LogP contribution in [0, 0.1) is 11.3 Å². The summed E-state index contributed by atoms with van der Waals surface area (Å²) in [7, 11) is 3.25. The molecule has 210 valence electrons. The fraction of sp³-hybridized carbons (Fsp3) is 0.517. The van der Waals surface area contributed by atoms with Gasteiger partial charge in [-0.25, -0.2) is 4.79 Å². The predicted octanol–water partition coefficient (Wildman–Crippen LogP) is 2.16. The van der Waals surface area contributed by atoms with Crippen LogP contribution in [-0.2, 0) is 14.4 Å². The van der Waals surface area contributed by atoms with Crippen molar-refractivity contribution in [3.05, 3.63) is 42.5 Å². The number of carbonyl (C=O) groups excluding carboxylic acids is 4. The van der Waals surface area contributed by atoms with Gasteiger partial charge in [-0.15, -0.1) is 0 Å². The first-order valence-corrected chi connectivity index (χ1v) is 13.5. The molecule has 10 heteroatoms. The number of amides is 5. The standard InChI is InChI=1S/C29H40N6O4/c1-17(30-5)25(36)33-24(29(2,3)4)27(38)34-15-14-22-23(34)20(16-35(22)28(39)31-6)26(37)32-21-13-9-11-18-10-7-8-12-19(18)21/h7-13,17,20,22-24,30H,14-16H2,1-6H3,(H,31,39)(H,32,37)(H,33,36)/t17-,20+,22-,23-,24-/m1/s1. The first-order chi connectivity index (χ1) is 18.5. The number of rotatable bonds is 6. The molecule has 2 aromatic rings. The Labute approximate surface area is 229 Å². The third kappa shape index (κ3) is 5.56. The van der Waals surface area contributed by atoms with Gasteiger partial charge >= 0.3 is 6.03 Å². The van der Waals surface area contributed by atoms with E-state index in [4.69, 9.17) is 0 Å². The number of nitrogens with one attached hydrogen (secondary N) is 4. The minimum atomic E-state index is -0.796. The molecule has 2 heterocycles. The summed E-state index contributed by atoms with van der Waals surface area (Å²) < 4.78 is 0. The van der Waals surface area contributed by atoms with Crippen LogP contribution in [0.3, 0.4) is 0 Å². The molecule has 2 aromatic carbocycles. The van der Waals surface area contributed by atoms with Crippen LogP contribution in [0.15, 0.2) is 42.5 Å². The highest BCUT2D eigenvalue weighted by atomic mass is 16.2. The quantitative estimate of drug-likeness (QED) is 0.451. The van der Waals surface area contributed by atoms with E-state index >= 15 is 0 Å². The average molecular weight is 537 g/mol. The third-order valence-electron chi connectivity index (χ3n) is 7.99. The number of anilines is 1. The van der Waals surface area contributed by atoms with Gasteiger partial charge in [0.1, 0.15) is 6.04 Å². The molecular formula is C29H40N6O4. The number of benzene rings is 2. The first-order valence-electron chi connectivity index (χ1n) is 13.5. The number of nitrogens with zero attached hydrogens (tertiary/aromatic N) is 2. The van der Waals surface area contributed by atoms with Gasteiger partial charge in [0.15, 0.2) is 0 Å². The summed E-state index contributed by atoms with van der Waals surface area (Å²) in [6.45, 7) is 8.04. The molecule has 2 saturated heterocycles. The SMILES string of the molecule is CNC(=O)N1C[C@H](C(=O)Nc2cccc3ccccc23)[C@@H]2[C@H]1CCN2C(=O)[C@@H](NC(=O)[C@@H](C)NC)C(C)(C)C. The molecule has 0 spiro atoms. The second-order valence-corrected chi connectivity index (χ2v) is 11.5. The van der Waals surface area contributed by atoms with Gasteiger partial charge in [-0.05, 0) is 37.3 Å². The number of fused-ring (bicyclic) bond motifs is 2. The summed E-state index contributed by atoms with van der Waals surface area (Å²) in [5, 5.41) is 13.5. The van der Waals surface area contributed by atoms with E-state index < -0.39 is 29.5 Å². The van der Waals surface area contributed by atoms with E-state index in [0.29, 0.717) is 18.7 Å². The molecule has 10 nitrogen and oxygen atoms in total. The van der Waals surface area contributed by atoms with Gasteiger partial charge < -0.3 is 31.1 Å². The molecule has 2 aliphatic heterocycles. The fourth-order valence-corrected chi connectivity index (χ4v) is 5.72. The van der Waals surface area contributed by atoms with E-state index in [1.165, 1.54) is 0 Å². The van der Waals surface area contributed by atoms with Crippen molar-refractivity contribution in [1.82, 2.24) is 25.8 Å². The molecule has 0 saturated carbocycles. The zero-order valence-corrected chi connectivity index (χ0v) is 23.6. The molecule has 0 radical (unpaired) electrons. The van der Waals surface area contributed by atoms with E-state index in [2.05, 4.69) is 21.3 Å². The summed E-state index contributed by atoms with van der Waals surface area (Å²) in [6.07, 6.45) is 0.555. The monoisotopic (exact) mass is 536 g/mol. The number of likely N-dealkylation sites (N-methyl/N-ethyl adjacent to an activating group) is 1. The molecule has 5 atom stereocenters. The van der Waals surface area contributed by atoms with Gasteiger partial charge in [-0.2, -0.15) is 0 Å². The highest BCUT2D eigenvalue weighted by molar-refractivity contribution is 6.03. The smallest absolute Gasteiger partial charge is 0.317 e. The normalized spacial score (nSPS) is 22.3. The Bertz CT molecular complexity index is 1250. The summed E-state index contributed by atoms with van der Waals surface area (Å²) in [4.78, 5) is 56.8. The zero-order valence-electron chi connectivity index (χ0n) is 23.6. The van der Waals surface area contributed by atoms with Crippen LogP contribution in [0.2, 0.25) is 0 Å². The van der Waals surface area contributed by atoms with Crippen molar-refractivity contribution in [3.63, 3.8) is 0 Å². The maximum absolute atomic E-state index is 14.1. The first kappa shape index (κ1) is 28.4. The summed E-state index contributed by atoms with van der Waals surface area (Å²) in [5.41, 5.74) is 0.114. The van der Waals surface area contributed by atoms with Gasteiger partial charge in [0, 0.05) is 31.2 Å². The van der Waals surface area contributed by atoms with Crippen LogP contribution in [0.25, 0.3) is 10.8 Å². The second kappa shape index (κ2) is 11.2. The van der Waals surface area contributed by atoms with E-state index in [9.17, 15) is 19.2 Å². The largest absolute Gasteiger partial charge is 0.342 e.